The van der Waals surface area contributed by atoms with Crippen molar-refractivity contribution in [3.63, 3.8) is 0 Å². The lowest BCUT2D eigenvalue weighted by Crippen LogP contribution is -2.19. The molecule has 0 amide bonds. The molecule has 3 nitrogen and oxygen atoms in total. The van der Waals surface area contributed by atoms with Gasteiger partial charge in [0.25, 0.3) is 0 Å². The van der Waals surface area contributed by atoms with Crippen molar-refractivity contribution in [1.82, 2.24) is 5.32 Å². The van der Waals surface area contributed by atoms with Crippen LogP contribution in [0.25, 0.3) is 0 Å². The summed E-state index contributed by atoms with van der Waals surface area (Å²) >= 11 is 0. The van der Waals surface area contributed by atoms with Gasteiger partial charge in [-0.1, -0.05) is 26.0 Å². The Kier molecular flexibility index (Phi) is 9.09. The molecule has 1 aromatic carbocycles. The minimum absolute atomic E-state index is 0.625. The minimum atomic E-state index is 0.625. The summed E-state index contributed by atoms with van der Waals surface area (Å²) in [5, 5.41) is 3.38. The average Bonchev–Trinajstić information content (AvgIpc) is 2.50. The Hall–Kier alpha value is -1.06. The van der Waals surface area contributed by atoms with Gasteiger partial charge < -0.3 is 14.8 Å². The van der Waals surface area contributed by atoms with Crippen LogP contribution in [-0.2, 0) is 4.74 Å². The van der Waals surface area contributed by atoms with Gasteiger partial charge in [0, 0.05) is 13.7 Å². The lowest BCUT2D eigenvalue weighted by atomic mass is 9.99. The first-order valence-electron chi connectivity index (χ1n) is 7.70. The largest absolute Gasteiger partial charge is 0.494 e. The van der Waals surface area contributed by atoms with E-state index >= 15 is 0 Å². The van der Waals surface area contributed by atoms with Crippen molar-refractivity contribution in [2.75, 3.05) is 33.4 Å². The van der Waals surface area contributed by atoms with Crippen molar-refractivity contribution in [1.29, 1.82) is 0 Å². The fourth-order valence-corrected chi connectivity index (χ4v) is 1.98. The highest BCUT2D eigenvalue weighted by atomic mass is 16.5. The Bertz CT molecular complexity index is 337. The van der Waals surface area contributed by atoms with Crippen LogP contribution >= 0.6 is 0 Å². The Morgan fingerprint density at radius 2 is 1.70 bits per heavy atom. The molecule has 0 bridgehead atoms. The van der Waals surface area contributed by atoms with Crippen LogP contribution in [0.2, 0.25) is 0 Å². The molecular formula is C17H29NO2. The minimum Gasteiger partial charge on any atom is -0.494 e. The quantitative estimate of drug-likeness (QED) is 0.628. The number of methoxy groups -OCH3 is 1. The van der Waals surface area contributed by atoms with E-state index in [-0.39, 0.29) is 0 Å². The zero-order valence-corrected chi connectivity index (χ0v) is 13.2. The SMILES string of the molecule is CC[C@H](C)c1ccc(OCCCNCCCOC)cc1. The third-order valence-corrected chi connectivity index (χ3v) is 3.53. The summed E-state index contributed by atoms with van der Waals surface area (Å²) in [5.41, 5.74) is 1.39. The third kappa shape index (κ3) is 6.92. The van der Waals surface area contributed by atoms with E-state index in [4.69, 9.17) is 9.47 Å². The number of rotatable bonds is 11. The van der Waals surface area contributed by atoms with Gasteiger partial charge in [-0.05, 0) is 56.0 Å². The molecule has 0 radical (unpaired) electrons. The molecule has 0 aliphatic carbocycles. The maximum Gasteiger partial charge on any atom is 0.119 e. The van der Waals surface area contributed by atoms with Gasteiger partial charge in [0.1, 0.15) is 5.75 Å². The molecule has 0 heterocycles. The Morgan fingerprint density at radius 3 is 2.30 bits per heavy atom. The second-order valence-corrected chi connectivity index (χ2v) is 5.18. The smallest absolute Gasteiger partial charge is 0.119 e. The molecular weight excluding hydrogens is 250 g/mol. The summed E-state index contributed by atoms with van der Waals surface area (Å²) in [5.74, 6) is 1.59. The summed E-state index contributed by atoms with van der Waals surface area (Å²) < 4.78 is 10.7. The maximum absolute atomic E-state index is 5.74. The van der Waals surface area contributed by atoms with Gasteiger partial charge in [-0.15, -0.1) is 0 Å². The van der Waals surface area contributed by atoms with Crippen molar-refractivity contribution in [2.45, 2.75) is 39.0 Å². The lowest BCUT2D eigenvalue weighted by Gasteiger charge is -2.11. The molecule has 114 valence electrons. The number of hydrogen-bond acceptors (Lipinski definition) is 3. The first-order chi connectivity index (χ1) is 9.77. The van der Waals surface area contributed by atoms with E-state index in [0.29, 0.717) is 5.92 Å². The first-order valence-corrected chi connectivity index (χ1v) is 7.70. The fraction of sp³-hybridized carbons (Fsp3) is 0.647. The van der Waals surface area contributed by atoms with Gasteiger partial charge in [-0.25, -0.2) is 0 Å². The molecule has 0 aliphatic rings. The van der Waals surface area contributed by atoms with Crippen LogP contribution in [0.1, 0.15) is 44.6 Å². The number of ether oxygens (including phenoxy) is 2. The molecule has 0 saturated heterocycles. The van der Waals surface area contributed by atoms with E-state index in [2.05, 4.69) is 43.4 Å². The molecule has 1 N–H and O–H groups in total. The van der Waals surface area contributed by atoms with E-state index in [1.165, 1.54) is 12.0 Å². The van der Waals surface area contributed by atoms with Crippen LogP contribution in [0.15, 0.2) is 24.3 Å². The van der Waals surface area contributed by atoms with Gasteiger partial charge in [0.2, 0.25) is 0 Å². The van der Waals surface area contributed by atoms with Crippen LogP contribution in [0.3, 0.4) is 0 Å². The average molecular weight is 279 g/mol. The summed E-state index contributed by atoms with van der Waals surface area (Å²) in [6.07, 6.45) is 3.27. The van der Waals surface area contributed by atoms with Crippen molar-refractivity contribution >= 4 is 0 Å². The molecule has 0 fully saturated rings. The predicted octanol–water partition coefficient (Wildman–Crippen LogP) is 3.60. The number of nitrogens with one attached hydrogen (secondary N) is 1. The highest BCUT2D eigenvalue weighted by Crippen LogP contribution is 2.21. The topological polar surface area (TPSA) is 30.5 Å². The highest BCUT2D eigenvalue weighted by Gasteiger charge is 2.02. The van der Waals surface area contributed by atoms with E-state index in [0.717, 1.165) is 44.9 Å². The van der Waals surface area contributed by atoms with E-state index in [1.54, 1.807) is 7.11 Å². The van der Waals surface area contributed by atoms with E-state index < -0.39 is 0 Å². The van der Waals surface area contributed by atoms with Crippen LogP contribution < -0.4 is 10.1 Å². The van der Waals surface area contributed by atoms with Gasteiger partial charge in [0.05, 0.1) is 6.61 Å². The second kappa shape index (κ2) is 10.7. The van der Waals surface area contributed by atoms with Crippen molar-refractivity contribution in [3.8, 4) is 5.75 Å². The molecule has 0 saturated carbocycles. The number of benzene rings is 1. The van der Waals surface area contributed by atoms with Crippen molar-refractivity contribution in [2.24, 2.45) is 0 Å². The molecule has 0 aromatic heterocycles. The van der Waals surface area contributed by atoms with Crippen LogP contribution in [-0.4, -0.2) is 33.4 Å². The van der Waals surface area contributed by atoms with Crippen LogP contribution in [0.5, 0.6) is 5.75 Å². The summed E-state index contributed by atoms with van der Waals surface area (Å²) in [7, 11) is 1.74. The predicted molar refractivity (Wildman–Crippen MR) is 84.6 cm³/mol. The molecule has 0 unspecified atom stereocenters. The zero-order chi connectivity index (χ0) is 14.6. The molecule has 1 rings (SSSR count). The van der Waals surface area contributed by atoms with E-state index in [1.807, 2.05) is 0 Å². The van der Waals surface area contributed by atoms with Gasteiger partial charge in [-0.2, -0.15) is 0 Å². The number of hydrogen-bond donors (Lipinski definition) is 1. The third-order valence-electron chi connectivity index (χ3n) is 3.53. The van der Waals surface area contributed by atoms with Crippen LogP contribution in [0.4, 0.5) is 0 Å². The summed E-state index contributed by atoms with van der Waals surface area (Å²) in [4.78, 5) is 0. The van der Waals surface area contributed by atoms with Gasteiger partial charge in [-0.3, -0.25) is 0 Å². The van der Waals surface area contributed by atoms with Crippen molar-refractivity contribution in [3.05, 3.63) is 29.8 Å². The summed E-state index contributed by atoms with van der Waals surface area (Å²) in [6.45, 7) is 8.07. The normalized spacial score (nSPS) is 12.3. The Morgan fingerprint density at radius 1 is 1.05 bits per heavy atom. The van der Waals surface area contributed by atoms with Gasteiger partial charge >= 0.3 is 0 Å². The van der Waals surface area contributed by atoms with Crippen molar-refractivity contribution < 1.29 is 9.47 Å². The Balaban J connectivity index is 2.10. The van der Waals surface area contributed by atoms with Crippen LogP contribution in [0, 0.1) is 0 Å². The molecule has 20 heavy (non-hydrogen) atoms. The maximum atomic E-state index is 5.74. The molecule has 1 aromatic rings. The lowest BCUT2D eigenvalue weighted by molar-refractivity contribution is 0.194. The fourth-order valence-electron chi connectivity index (χ4n) is 1.98. The monoisotopic (exact) mass is 279 g/mol. The van der Waals surface area contributed by atoms with Gasteiger partial charge in [0.15, 0.2) is 0 Å². The molecule has 3 heteroatoms. The molecule has 0 spiro atoms. The zero-order valence-electron chi connectivity index (χ0n) is 13.2. The summed E-state index contributed by atoms with van der Waals surface area (Å²) in [6, 6.07) is 8.50. The molecule has 1 atom stereocenters. The Labute approximate surface area is 123 Å². The molecule has 0 aliphatic heterocycles. The second-order valence-electron chi connectivity index (χ2n) is 5.18. The van der Waals surface area contributed by atoms with E-state index in [9.17, 15) is 0 Å². The standard InChI is InChI=1S/C17H29NO2/c1-4-15(2)16-7-9-17(10-8-16)20-14-6-12-18-11-5-13-19-3/h7-10,15,18H,4-6,11-14H2,1-3H3/t15-/m0/s1. The first kappa shape index (κ1) is 17.0. The highest BCUT2D eigenvalue weighted by molar-refractivity contribution is 5.29.